The zero-order chi connectivity index (χ0) is 30.4. The number of hydrogen-bond acceptors (Lipinski definition) is 8. The Morgan fingerprint density at radius 2 is 1.98 bits per heavy atom. The minimum absolute atomic E-state index is 0.105. The van der Waals surface area contributed by atoms with Crippen LogP contribution in [0.3, 0.4) is 0 Å². The lowest BCUT2D eigenvalue weighted by Gasteiger charge is -2.22. The van der Waals surface area contributed by atoms with Crippen LogP contribution in [0, 0.1) is 12.7 Å². The van der Waals surface area contributed by atoms with Gasteiger partial charge in [0, 0.05) is 48.8 Å². The van der Waals surface area contributed by atoms with Crippen LogP contribution in [-0.4, -0.2) is 71.0 Å². The number of aromatic nitrogens is 1. The SMILES string of the molecule is CC.CNC(=O)CSC(C)C.Cc1c(F)cc2nc3c(c4c2c1CCC4)CN(C)/C3=C\C1=C(C=O)COC(=O)C1O. The third-order valence-electron chi connectivity index (χ3n) is 7.24. The minimum Gasteiger partial charge on any atom is -0.459 e. The molecule has 1 amide bonds. The molecule has 0 saturated heterocycles. The predicted molar refractivity (Wildman–Crippen MR) is 161 cm³/mol. The highest BCUT2D eigenvalue weighted by atomic mass is 32.2. The average Bonchev–Trinajstić information content (AvgIpc) is 3.28. The van der Waals surface area contributed by atoms with Gasteiger partial charge >= 0.3 is 5.97 Å². The number of ether oxygens (including phenoxy) is 1. The van der Waals surface area contributed by atoms with Crippen molar-refractivity contribution in [2.75, 3.05) is 26.5 Å². The lowest BCUT2D eigenvalue weighted by atomic mass is 9.85. The highest BCUT2D eigenvalue weighted by Gasteiger charge is 2.33. The van der Waals surface area contributed by atoms with E-state index in [0.29, 0.717) is 46.3 Å². The molecule has 10 heteroatoms. The van der Waals surface area contributed by atoms with Crippen molar-refractivity contribution in [3.8, 4) is 0 Å². The smallest absolute Gasteiger partial charge is 0.340 e. The standard InChI is InChI=1S/C23H21FN2O4.C6H13NOS.C2H6/c1-11-13-4-3-5-14-16-8-26(2)19(21(16)25-18(20(13)14)7-17(11)24)6-15-12(9-27)10-30-23(29)22(15)28;1-5(2)9-4-6(8)7-3;1-2/h6-7,9,22,28H,3-5,8,10H2,1-2H3;5H,4H2,1-3H3,(H,7,8);1-2H3/b19-6-;;. The van der Waals surface area contributed by atoms with Crippen molar-refractivity contribution in [3.63, 3.8) is 0 Å². The number of aldehydes is 1. The number of aryl methyl sites for hydroxylation is 2. The number of nitrogens with one attached hydrogen (secondary N) is 1. The second-order valence-corrected chi connectivity index (χ2v) is 11.7. The molecule has 0 bridgehead atoms. The quantitative estimate of drug-likeness (QED) is 0.396. The first kappa shape index (κ1) is 32.3. The molecule has 0 fully saturated rings. The molecular formula is C31H40FN3O5S. The highest BCUT2D eigenvalue weighted by molar-refractivity contribution is 8.00. The van der Waals surface area contributed by atoms with E-state index in [-0.39, 0.29) is 29.5 Å². The van der Waals surface area contributed by atoms with E-state index in [1.807, 2.05) is 32.7 Å². The van der Waals surface area contributed by atoms with Crippen LogP contribution in [0.2, 0.25) is 0 Å². The number of benzene rings is 1. The molecule has 5 rings (SSSR count). The summed E-state index contributed by atoms with van der Waals surface area (Å²) in [5.74, 6) is -0.356. The molecule has 0 saturated carbocycles. The van der Waals surface area contributed by atoms with E-state index >= 15 is 0 Å². The number of pyridine rings is 1. The summed E-state index contributed by atoms with van der Waals surface area (Å²) in [6.45, 7) is 10.4. The van der Waals surface area contributed by atoms with Crippen LogP contribution in [0.4, 0.5) is 4.39 Å². The number of carbonyl (C=O) groups excluding carboxylic acids is 3. The van der Waals surface area contributed by atoms with Gasteiger partial charge in [-0.15, -0.1) is 11.8 Å². The monoisotopic (exact) mass is 585 g/mol. The molecule has 222 valence electrons. The summed E-state index contributed by atoms with van der Waals surface area (Å²) in [6, 6.07) is 1.49. The van der Waals surface area contributed by atoms with Gasteiger partial charge in [0.15, 0.2) is 6.10 Å². The van der Waals surface area contributed by atoms with Crippen LogP contribution in [0.1, 0.15) is 62.1 Å². The number of nitrogens with zero attached hydrogens (tertiary/aromatic N) is 2. The van der Waals surface area contributed by atoms with E-state index in [1.54, 1.807) is 24.9 Å². The van der Waals surface area contributed by atoms with Crippen LogP contribution >= 0.6 is 11.8 Å². The Hall–Kier alpha value is -3.24. The maximum absolute atomic E-state index is 14.5. The Bertz CT molecular complexity index is 1400. The van der Waals surface area contributed by atoms with Crippen LogP contribution in [0.15, 0.2) is 23.3 Å². The second kappa shape index (κ2) is 14.1. The van der Waals surface area contributed by atoms with E-state index in [9.17, 15) is 23.9 Å². The van der Waals surface area contributed by atoms with Crippen molar-refractivity contribution in [3.05, 3.63) is 57.1 Å². The van der Waals surface area contributed by atoms with Crippen molar-refractivity contribution >= 4 is 46.5 Å². The van der Waals surface area contributed by atoms with E-state index in [2.05, 4.69) is 19.2 Å². The predicted octanol–water partition coefficient (Wildman–Crippen LogP) is 4.27. The van der Waals surface area contributed by atoms with Gasteiger partial charge in [-0.05, 0) is 54.2 Å². The fourth-order valence-electron chi connectivity index (χ4n) is 5.14. The zero-order valence-corrected chi connectivity index (χ0v) is 25.7. The molecule has 41 heavy (non-hydrogen) atoms. The number of halogens is 1. The first-order valence-corrected chi connectivity index (χ1v) is 15.0. The third kappa shape index (κ3) is 6.81. The number of aliphatic hydroxyl groups is 1. The molecule has 1 unspecified atom stereocenters. The van der Waals surface area contributed by atoms with E-state index in [0.717, 1.165) is 35.8 Å². The Morgan fingerprint density at radius 1 is 1.29 bits per heavy atom. The number of hydrogen-bond donors (Lipinski definition) is 2. The number of rotatable bonds is 5. The summed E-state index contributed by atoms with van der Waals surface area (Å²) in [5, 5.41) is 14.5. The Balaban J connectivity index is 0.000000362. The summed E-state index contributed by atoms with van der Waals surface area (Å²) in [5.41, 5.74) is 6.49. The van der Waals surface area contributed by atoms with Crippen LogP contribution in [0.5, 0.6) is 0 Å². The Labute approximate surface area is 245 Å². The maximum atomic E-state index is 14.5. The van der Waals surface area contributed by atoms with Gasteiger partial charge in [-0.1, -0.05) is 27.7 Å². The van der Waals surface area contributed by atoms with Gasteiger partial charge in [0.25, 0.3) is 0 Å². The maximum Gasteiger partial charge on any atom is 0.340 e. The molecule has 3 aliphatic rings. The van der Waals surface area contributed by atoms with Crippen molar-refractivity contribution < 1.29 is 28.6 Å². The lowest BCUT2D eigenvalue weighted by Crippen LogP contribution is -2.32. The van der Waals surface area contributed by atoms with Crippen molar-refractivity contribution in [2.45, 2.75) is 71.8 Å². The molecule has 0 radical (unpaired) electrons. The first-order chi connectivity index (χ1) is 19.6. The highest BCUT2D eigenvalue weighted by Crippen LogP contribution is 2.41. The molecule has 3 heterocycles. The number of fused-ring (bicyclic) bond motifs is 2. The van der Waals surface area contributed by atoms with Gasteiger partial charge in [0.1, 0.15) is 18.7 Å². The normalized spacial score (nSPS) is 18.4. The number of amides is 1. The second-order valence-electron chi connectivity index (χ2n) is 10.2. The largest absolute Gasteiger partial charge is 0.459 e. The summed E-state index contributed by atoms with van der Waals surface area (Å²) >= 11 is 1.65. The Kier molecular flexibility index (Phi) is 11.1. The van der Waals surface area contributed by atoms with Gasteiger partial charge in [-0.25, -0.2) is 14.2 Å². The van der Waals surface area contributed by atoms with E-state index < -0.39 is 12.1 Å². The number of carbonyl (C=O) groups is 3. The molecule has 2 aromatic rings. The molecule has 1 atom stereocenters. The van der Waals surface area contributed by atoms with Crippen LogP contribution in [-0.2, 0) is 38.5 Å². The molecule has 1 aliphatic carbocycles. The number of aliphatic hydroxyl groups excluding tert-OH is 1. The topological polar surface area (TPSA) is 109 Å². The minimum atomic E-state index is -1.52. The molecule has 2 N–H and O–H groups in total. The number of esters is 1. The van der Waals surface area contributed by atoms with Crippen molar-refractivity contribution in [1.29, 1.82) is 0 Å². The van der Waals surface area contributed by atoms with E-state index in [1.165, 1.54) is 11.6 Å². The lowest BCUT2D eigenvalue weighted by molar-refractivity contribution is -0.152. The van der Waals surface area contributed by atoms with Gasteiger partial charge in [-0.3, -0.25) is 9.59 Å². The molecule has 0 spiro atoms. The molecule has 1 aromatic carbocycles. The molecule has 2 aliphatic heterocycles. The van der Waals surface area contributed by atoms with Crippen molar-refractivity contribution in [1.82, 2.24) is 15.2 Å². The average molecular weight is 586 g/mol. The van der Waals surface area contributed by atoms with Gasteiger partial charge < -0.3 is 20.1 Å². The van der Waals surface area contributed by atoms with Gasteiger partial charge in [0.05, 0.1) is 22.7 Å². The van der Waals surface area contributed by atoms with Gasteiger partial charge in [-0.2, -0.15) is 0 Å². The van der Waals surface area contributed by atoms with Crippen molar-refractivity contribution in [2.24, 2.45) is 0 Å². The zero-order valence-electron chi connectivity index (χ0n) is 24.9. The van der Waals surface area contributed by atoms with Gasteiger partial charge in [0.2, 0.25) is 5.91 Å². The third-order valence-corrected chi connectivity index (χ3v) is 8.33. The fourth-order valence-corrected chi connectivity index (χ4v) is 5.77. The van der Waals surface area contributed by atoms with Crippen LogP contribution in [0.25, 0.3) is 16.6 Å². The summed E-state index contributed by atoms with van der Waals surface area (Å²) in [6.07, 6.45) is 3.42. The van der Waals surface area contributed by atoms with E-state index in [4.69, 9.17) is 9.72 Å². The fraction of sp³-hybridized carbons (Fsp3) is 0.484. The molecule has 8 nitrogen and oxygen atoms in total. The van der Waals surface area contributed by atoms with Crippen LogP contribution < -0.4 is 5.32 Å². The summed E-state index contributed by atoms with van der Waals surface area (Å²) < 4.78 is 19.4. The first-order valence-electron chi connectivity index (χ1n) is 14.0. The molecule has 1 aromatic heterocycles. The Morgan fingerprint density at radius 3 is 2.61 bits per heavy atom. The summed E-state index contributed by atoms with van der Waals surface area (Å²) in [7, 11) is 3.55. The number of cyclic esters (lactones) is 1. The molecular weight excluding hydrogens is 545 g/mol. The number of thioether (sulfide) groups is 1. The summed E-state index contributed by atoms with van der Waals surface area (Å²) in [4.78, 5) is 40.6.